The third-order valence-corrected chi connectivity index (χ3v) is 5.03. The Hall–Kier alpha value is -3.27. The second kappa shape index (κ2) is 8.62. The molecule has 0 saturated carbocycles. The standard InChI is InChI=1S/C22H17Cl2N3O3/c1-3-30-22(29)19-18(13-6-4-12(2)5-7-13)15(11-25)21(28)27(20(19)26)17-9-8-14(23)10-16(17)24/h4-10H,3,26H2,1-2H3. The minimum Gasteiger partial charge on any atom is -0.462 e. The molecule has 0 radical (unpaired) electrons. The fourth-order valence-electron chi connectivity index (χ4n) is 3.12. The number of nitrogen functional groups attached to an aromatic ring is 1. The molecule has 0 spiro atoms. The van der Waals surface area contributed by atoms with E-state index in [4.69, 9.17) is 33.7 Å². The predicted molar refractivity (Wildman–Crippen MR) is 117 cm³/mol. The number of nitrogens with zero attached hydrogens (tertiary/aromatic N) is 2. The van der Waals surface area contributed by atoms with Crippen LogP contribution in [0.1, 0.15) is 28.4 Å². The molecular weight excluding hydrogens is 425 g/mol. The van der Waals surface area contributed by atoms with Crippen molar-refractivity contribution in [3.63, 3.8) is 0 Å². The molecule has 0 atom stereocenters. The minimum absolute atomic E-state index is 0.0807. The molecule has 0 aliphatic carbocycles. The number of rotatable bonds is 4. The van der Waals surface area contributed by atoms with Crippen LogP contribution < -0.4 is 11.3 Å². The van der Waals surface area contributed by atoms with Crippen LogP contribution in [0.5, 0.6) is 0 Å². The maximum Gasteiger partial charge on any atom is 0.342 e. The van der Waals surface area contributed by atoms with Crippen molar-refractivity contribution >= 4 is 35.0 Å². The number of anilines is 1. The molecule has 1 aromatic heterocycles. The van der Waals surface area contributed by atoms with Gasteiger partial charge in [0.25, 0.3) is 5.56 Å². The van der Waals surface area contributed by atoms with Gasteiger partial charge in [-0.2, -0.15) is 5.26 Å². The van der Waals surface area contributed by atoms with E-state index in [0.717, 1.165) is 10.1 Å². The average Bonchev–Trinajstić information content (AvgIpc) is 2.70. The SMILES string of the molecule is CCOC(=O)c1c(-c2ccc(C)cc2)c(C#N)c(=O)n(-c2ccc(Cl)cc2Cl)c1N. The van der Waals surface area contributed by atoms with Crippen molar-refractivity contribution in [2.75, 3.05) is 12.3 Å². The van der Waals surface area contributed by atoms with Crippen molar-refractivity contribution < 1.29 is 9.53 Å². The van der Waals surface area contributed by atoms with Gasteiger partial charge in [-0.3, -0.25) is 9.36 Å². The van der Waals surface area contributed by atoms with Crippen molar-refractivity contribution in [3.05, 3.63) is 79.6 Å². The third kappa shape index (κ3) is 3.78. The molecule has 0 unspecified atom stereocenters. The van der Waals surface area contributed by atoms with Crippen molar-refractivity contribution in [1.29, 1.82) is 5.26 Å². The quantitative estimate of drug-likeness (QED) is 0.588. The van der Waals surface area contributed by atoms with Crippen molar-refractivity contribution in [2.45, 2.75) is 13.8 Å². The lowest BCUT2D eigenvalue weighted by molar-refractivity contribution is 0.0528. The third-order valence-electron chi connectivity index (χ3n) is 4.50. The highest BCUT2D eigenvalue weighted by molar-refractivity contribution is 6.35. The predicted octanol–water partition coefficient (Wildman–Crippen LogP) is 4.75. The molecule has 1 heterocycles. The summed E-state index contributed by atoms with van der Waals surface area (Å²) in [6, 6.07) is 13.4. The fraction of sp³-hybridized carbons (Fsp3) is 0.136. The van der Waals surface area contributed by atoms with Crippen LogP contribution >= 0.6 is 23.2 Å². The van der Waals surface area contributed by atoms with Crippen LogP contribution in [0.15, 0.2) is 47.3 Å². The molecule has 0 aliphatic heterocycles. The number of ether oxygens (including phenoxy) is 1. The number of esters is 1. The Morgan fingerprint density at radius 3 is 2.43 bits per heavy atom. The summed E-state index contributed by atoms with van der Waals surface area (Å²) in [5, 5.41) is 10.3. The van der Waals surface area contributed by atoms with Gasteiger partial charge < -0.3 is 10.5 Å². The van der Waals surface area contributed by atoms with Crippen LogP contribution in [0.2, 0.25) is 10.0 Å². The molecule has 2 aromatic carbocycles. The summed E-state index contributed by atoms with van der Waals surface area (Å²) in [5.41, 5.74) is 7.07. The summed E-state index contributed by atoms with van der Waals surface area (Å²) in [7, 11) is 0. The van der Waals surface area contributed by atoms with E-state index >= 15 is 0 Å². The number of nitriles is 1. The lowest BCUT2D eigenvalue weighted by Crippen LogP contribution is -2.28. The highest BCUT2D eigenvalue weighted by Crippen LogP contribution is 2.33. The number of halogens is 2. The van der Waals surface area contributed by atoms with Gasteiger partial charge in [0.15, 0.2) is 0 Å². The summed E-state index contributed by atoms with van der Waals surface area (Å²) in [4.78, 5) is 26.1. The van der Waals surface area contributed by atoms with Crippen molar-refractivity contribution in [1.82, 2.24) is 4.57 Å². The first-order valence-corrected chi connectivity index (χ1v) is 9.73. The van der Waals surface area contributed by atoms with Crippen LogP contribution in [-0.4, -0.2) is 17.1 Å². The van der Waals surface area contributed by atoms with E-state index in [1.54, 1.807) is 19.1 Å². The first-order chi connectivity index (χ1) is 14.3. The van der Waals surface area contributed by atoms with Gasteiger partial charge in [-0.1, -0.05) is 53.0 Å². The summed E-state index contributed by atoms with van der Waals surface area (Å²) in [6.07, 6.45) is 0. The van der Waals surface area contributed by atoms with Crippen LogP contribution in [0, 0.1) is 18.3 Å². The maximum absolute atomic E-state index is 13.3. The van der Waals surface area contributed by atoms with E-state index < -0.39 is 11.5 Å². The number of hydrogen-bond acceptors (Lipinski definition) is 5. The van der Waals surface area contributed by atoms with Gasteiger partial charge >= 0.3 is 5.97 Å². The first-order valence-electron chi connectivity index (χ1n) is 8.98. The average molecular weight is 442 g/mol. The Labute approximate surface area is 183 Å². The molecule has 30 heavy (non-hydrogen) atoms. The summed E-state index contributed by atoms with van der Waals surface area (Å²) in [6.45, 7) is 3.64. The van der Waals surface area contributed by atoms with E-state index in [-0.39, 0.29) is 39.8 Å². The molecule has 2 N–H and O–H groups in total. The number of hydrogen-bond donors (Lipinski definition) is 1. The molecule has 0 fully saturated rings. The molecule has 0 aliphatic rings. The van der Waals surface area contributed by atoms with Crippen LogP contribution in [-0.2, 0) is 4.74 Å². The van der Waals surface area contributed by atoms with Gasteiger partial charge in [0.05, 0.1) is 17.3 Å². The molecular formula is C22H17Cl2N3O3. The fourth-order valence-corrected chi connectivity index (χ4v) is 3.61. The zero-order chi connectivity index (χ0) is 22.0. The number of benzene rings is 2. The Kier molecular flexibility index (Phi) is 6.16. The van der Waals surface area contributed by atoms with Crippen LogP contribution in [0.25, 0.3) is 16.8 Å². The number of carbonyl (C=O) groups excluding carboxylic acids is 1. The number of nitrogens with two attached hydrogens (primary N) is 1. The van der Waals surface area contributed by atoms with Crippen LogP contribution in [0.4, 0.5) is 5.82 Å². The highest BCUT2D eigenvalue weighted by atomic mass is 35.5. The first kappa shape index (κ1) is 21.4. The summed E-state index contributed by atoms with van der Waals surface area (Å²) >= 11 is 12.2. The lowest BCUT2D eigenvalue weighted by Gasteiger charge is -2.19. The zero-order valence-electron chi connectivity index (χ0n) is 16.2. The van der Waals surface area contributed by atoms with E-state index in [2.05, 4.69) is 0 Å². The Bertz CT molecular complexity index is 1240. The normalized spacial score (nSPS) is 10.5. The van der Waals surface area contributed by atoms with Gasteiger partial charge in [0.1, 0.15) is 23.0 Å². The number of carbonyl (C=O) groups is 1. The smallest absolute Gasteiger partial charge is 0.342 e. The topological polar surface area (TPSA) is 98.1 Å². The van der Waals surface area contributed by atoms with E-state index in [1.807, 2.05) is 25.1 Å². The summed E-state index contributed by atoms with van der Waals surface area (Å²) < 4.78 is 6.21. The highest BCUT2D eigenvalue weighted by Gasteiger charge is 2.28. The van der Waals surface area contributed by atoms with Gasteiger partial charge in [-0.15, -0.1) is 0 Å². The molecule has 8 heteroatoms. The Morgan fingerprint density at radius 2 is 1.87 bits per heavy atom. The van der Waals surface area contributed by atoms with E-state index in [1.165, 1.54) is 18.2 Å². The molecule has 0 bridgehead atoms. The minimum atomic E-state index is -0.749. The number of pyridine rings is 1. The van der Waals surface area contributed by atoms with Crippen molar-refractivity contribution in [3.8, 4) is 22.9 Å². The maximum atomic E-state index is 13.3. The van der Waals surface area contributed by atoms with Gasteiger partial charge in [0.2, 0.25) is 0 Å². The van der Waals surface area contributed by atoms with Gasteiger partial charge in [-0.05, 0) is 37.6 Å². The Balaban J connectivity index is 2.48. The second-order valence-corrected chi connectivity index (χ2v) is 7.29. The summed E-state index contributed by atoms with van der Waals surface area (Å²) in [5.74, 6) is -0.932. The van der Waals surface area contributed by atoms with E-state index in [0.29, 0.717) is 10.6 Å². The molecule has 0 amide bonds. The van der Waals surface area contributed by atoms with Gasteiger partial charge in [-0.25, -0.2) is 4.79 Å². The monoisotopic (exact) mass is 441 g/mol. The van der Waals surface area contributed by atoms with Gasteiger partial charge in [0, 0.05) is 10.6 Å². The number of aryl methyl sites for hydroxylation is 1. The second-order valence-electron chi connectivity index (χ2n) is 6.44. The molecule has 3 rings (SSSR count). The largest absolute Gasteiger partial charge is 0.462 e. The molecule has 3 aromatic rings. The molecule has 6 nitrogen and oxygen atoms in total. The number of aromatic nitrogens is 1. The van der Waals surface area contributed by atoms with Crippen molar-refractivity contribution in [2.24, 2.45) is 0 Å². The van der Waals surface area contributed by atoms with Crippen LogP contribution in [0.3, 0.4) is 0 Å². The molecule has 0 saturated heterocycles. The molecule has 152 valence electrons. The zero-order valence-corrected chi connectivity index (χ0v) is 17.7. The Morgan fingerprint density at radius 1 is 1.20 bits per heavy atom. The van der Waals surface area contributed by atoms with E-state index in [9.17, 15) is 14.9 Å². The lowest BCUT2D eigenvalue weighted by atomic mass is 9.95.